The van der Waals surface area contributed by atoms with Gasteiger partial charge in [0.05, 0.1) is 11.0 Å². The fraction of sp³-hybridized carbons (Fsp3) is 0.167. The smallest absolute Gasteiger partial charge is 0.137 e. The van der Waals surface area contributed by atoms with Gasteiger partial charge in [-0.2, -0.15) is 0 Å². The molecule has 0 saturated carbocycles. The summed E-state index contributed by atoms with van der Waals surface area (Å²) in [4.78, 5) is 0. The topological polar surface area (TPSA) is 17.0 Å². The van der Waals surface area contributed by atoms with E-state index in [0.29, 0.717) is 4.47 Å². The van der Waals surface area contributed by atoms with E-state index >= 15 is 0 Å². The summed E-state index contributed by atoms with van der Waals surface area (Å²) in [6.45, 7) is 0.724. The van der Waals surface area contributed by atoms with Gasteiger partial charge in [0.15, 0.2) is 0 Å². The molecular weight excluding hydrogens is 271 g/mol. The minimum absolute atomic E-state index is 0.246. The van der Waals surface area contributed by atoms with Gasteiger partial charge >= 0.3 is 0 Å². The predicted molar refractivity (Wildman–Crippen MR) is 66.8 cm³/mol. The van der Waals surface area contributed by atoms with E-state index in [1.165, 1.54) is 11.8 Å². The van der Waals surface area contributed by atoms with Crippen LogP contribution in [0.15, 0.2) is 41.0 Å². The number of aryl methyl sites for hydroxylation is 1. The Labute approximate surface area is 102 Å². The Balaban J connectivity index is 2.05. The molecule has 0 radical (unpaired) electrons. The maximum Gasteiger partial charge on any atom is 0.137 e. The minimum Gasteiger partial charge on any atom is -0.379 e. The minimum atomic E-state index is -0.246. The third-order valence-electron chi connectivity index (χ3n) is 2.44. The summed E-state index contributed by atoms with van der Waals surface area (Å²) in [7, 11) is 2.00. The molecule has 2 aromatic rings. The van der Waals surface area contributed by atoms with Gasteiger partial charge in [-0.05, 0) is 46.3 Å². The molecule has 0 amide bonds. The molecule has 0 aliphatic heterocycles. The lowest BCUT2D eigenvalue weighted by molar-refractivity contribution is 0.621. The summed E-state index contributed by atoms with van der Waals surface area (Å²) < 4.78 is 15.5. The molecule has 2 nitrogen and oxygen atoms in total. The van der Waals surface area contributed by atoms with Gasteiger partial charge in [0.1, 0.15) is 5.82 Å². The quantitative estimate of drug-likeness (QED) is 0.911. The van der Waals surface area contributed by atoms with Gasteiger partial charge < -0.3 is 9.88 Å². The Morgan fingerprint density at radius 3 is 2.81 bits per heavy atom. The number of anilines is 1. The van der Waals surface area contributed by atoms with Crippen LogP contribution in [0.3, 0.4) is 0 Å². The van der Waals surface area contributed by atoms with Crippen molar-refractivity contribution in [2.45, 2.75) is 6.54 Å². The molecule has 1 N–H and O–H groups in total. The molecule has 1 heterocycles. The zero-order valence-electron chi connectivity index (χ0n) is 8.87. The lowest BCUT2D eigenvalue weighted by atomic mass is 10.3. The fourth-order valence-electron chi connectivity index (χ4n) is 1.48. The van der Waals surface area contributed by atoms with Crippen molar-refractivity contribution < 1.29 is 4.39 Å². The standard InChI is InChI=1S/C12H12BrFN2/c1-16-6-2-3-10(16)8-15-9-4-5-12(14)11(13)7-9/h2-7,15H,8H2,1H3. The van der Waals surface area contributed by atoms with E-state index in [9.17, 15) is 4.39 Å². The van der Waals surface area contributed by atoms with Crippen molar-refractivity contribution in [1.82, 2.24) is 4.57 Å². The van der Waals surface area contributed by atoms with Crippen molar-refractivity contribution in [2.24, 2.45) is 7.05 Å². The summed E-state index contributed by atoms with van der Waals surface area (Å²) in [5.41, 5.74) is 2.08. The molecule has 4 heteroatoms. The van der Waals surface area contributed by atoms with Gasteiger partial charge in [0, 0.05) is 24.6 Å². The number of nitrogens with zero attached hydrogens (tertiary/aromatic N) is 1. The lowest BCUT2D eigenvalue weighted by Gasteiger charge is -2.08. The van der Waals surface area contributed by atoms with Gasteiger partial charge in [0.2, 0.25) is 0 Å². The highest BCUT2D eigenvalue weighted by atomic mass is 79.9. The molecule has 2 rings (SSSR count). The fourth-order valence-corrected chi connectivity index (χ4v) is 1.86. The van der Waals surface area contributed by atoms with E-state index in [-0.39, 0.29) is 5.82 Å². The molecule has 0 unspecified atom stereocenters. The van der Waals surface area contributed by atoms with E-state index in [1.54, 1.807) is 12.1 Å². The molecule has 0 bridgehead atoms. The van der Waals surface area contributed by atoms with Crippen molar-refractivity contribution in [1.29, 1.82) is 0 Å². The number of hydrogen-bond donors (Lipinski definition) is 1. The van der Waals surface area contributed by atoms with Crippen LogP contribution in [0.5, 0.6) is 0 Å². The van der Waals surface area contributed by atoms with Crippen LogP contribution in [0, 0.1) is 5.82 Å². The summed E-state index contributed by atoms with van der Waals surface area (Å²) in [5, 5.41) is 3.24. The first-order valence-electron chi connectivity index (χ1n) is 4.96. The van der Waals surface area contributed by atoms with Crippen molar-refractivity contribution in [3.8, 4) is 0 Å². The van der Waals surface area contributed by atoms with Crippen LogP contribution in [-0.4, -0.2) is 4.57 Å². The Morgan fingerprint density at radius 1 is 1.38 bits per heavy atom. The van der Waals surface area contributed by atoms with Crippen molar-refractivity contribution in [2.75, 3.05) is 5.32 Å². The third kappa shape index (κ3) is 2.44. The van der Waals surface area contributed by atoms with Gasteiger partial charge in [0.25, 0.3) is 0 Å². The number of benzene rings is 1. The number of rotatable bonds is 3. The molecule has 1 aromatic heterocycles. The first-order valence-corrected chi connectivity index (χ1v) is 5.75. The largest absolute Gasteiger partial charge is 0.379 e. The first kappa shape index (κ1) is 11.2. The van der Waals surface area contributed by atoms with E-state index in [1.807, 2.05) is 29.9 Å². The summed E-state index contributed by atoms with van der Waals surface area (Å²) in [6.07, 6.45) is 2.00. The second-order valence-corrected chi connectivity index (χ2v) is 4.45. The van der Waals surface area contributed by atoms with Crippen LogP contribution in [0.4, 0.5) is 10.1 Å². The molecule has 0 saturated heterocycles. The first-order chi connectivity index (χ1) is 7.66. The van der Waals surface area contributed by atoms with Crippen molar-refractivity contribution in [3.63, 3.8) is 0 Å². The van der Waals surface area contributed by atoms with E-state index in [2.05, 4.69) is 21.2 Å². The van der Waals surface area contributed by atoms with E-state index in [0.717, 1.165) is 12.2 Å². The van der Waals surface area contributed by atoms with Crippen LogP contribution in [0.25, 0.3) is 0 Å². The molecule has 0 atom stereocenters. The van der Waals surface area contributed by atoms with Gasteiger partial charge in [-0.15, -0.1) is 0 Å². The van der Waals surface area contributed by atoms with E-state index in [4.69, 9.17) is 0 Å². The average molecular weight is 283 g/mol. The third-order valence-corrected chi connectivity index (χ3v) is 3.05. The molecular formula is C12H12BrFN2. The molecule has 16 heavy (non-hydrogen) atoms. The zero-order chi connectivity index (χ0) is 11.5. The van der Waals surface area contributed by atoms with Crippen LogP contribution >= 0.6 is 15.9 Å². The summed E-state index contributed by atoms with van der Waals surface area (Å²) in [6, 6.07) is 8.95. The predicted octanol–water partition coefficient (Wildman–Crippen LogP) is 3.54. The average Bonchev–Trinajstić information content (AvgIpc) is 2.66. The normalized spacial score (nSPS) is 10.4. The number of hydrogen-bond acceptors (Lipinski definition) is 1. The maximum absolute atomic E-state index is 13.0. The Kier molecular flexibility index (Phi) is 3.29. The molecule has 84 valence electrons. The highest BCUT2D eigenvalue weighted by Gasteiger charge is 2.01. The maximum atomic E-state index is 13.0. The van der Waals surface area contributed by atoms with E-state index < -0.39 is 0 Å². The van der Waals surface area contributed by atoms with Crippen LogP contribution < -0.4 is 5.32 Å². The lowest BCUT2D eigenvalue weighted by Crippen LogP contribution is -2.03. The van der Waals surface area contributed by atoms with Crippen LogP contribution in [-0.2, 0) is 13.6 Å². The highest BCUT2D eigenvalue weighted by Crippen LogP contribution is 2.20. The second kappa shape index (κ2) is 4.70. The Bertz CT molecular complexity index is 494. The Hall–Kier alpha value is -1.29. The number of aromatic nitrogens is 1. The SMILES string of the molecule is Cn1cccc1CNc1ccc(F)c(Br)c1. The van der Waals surface area contributed by atoms with Gasteiger partial charge in [-0.1, -0.05) is 0 Å². The Morgan fingerprint density at radius 2 is 2.19 bits per heavy atom. The van der Waals surface area contributed by atoms with Gasteiger partial charge in [-0.3, -0.25) is 0 Å². The molecule has 1 aromatic carbocycles. The van der Waals surface area contributed by atoms with Crippen LogP contribution in [0.2, 0.25) is 0 Å². The molecule has 0 fully saturated rings. The zero-order valence-corrected chi connectivity index (χ0v) is 10.5. The molecule has 0 spiro atoms. The van der Waals surface area contributed by atoms with Crippen molar-refractivity contribution >= 4 is 21.6 Å². The number of halogens is 2. The molecule has 0 aliphatic rings. The van der Waals surface area contributed by atoms with Crippen LogP contribution in [0.1, 0.15) is 5.69 Å². The highest BCUT2D eigenvalue weighted by molar-refractivity contribution is 9.10. The van der Waals surface area contributed by atoms with Crippen molar-refractivity contribution in [3.05, 3.63) is 52.5 Å². The number of nitrogens with one attached hydrogen (secondary N) is 1. The second-order valence-electron chi connectivity index (χ2n) is 3.59. The molecule has 0 aliphatic carbocycles. The van der Waals surface area contributed by atoms with Gasteiger partial charge in [-0.25, -0.2) is 4.39 Å². The summed E-state index contributed by atoms with van der Waals surface area (Å²) >= 11 is 3.16. The monoisotopic (exact) mass is 282 g/mol. The summed E-state index contributed by atoms with van der Waals surface area (Å²) in [5.74, 6) is -0.246.